The van der Waals surface area contributed by atoms with E-state index >= 15 is 0 Å². The molecule has 3 rings (SSSR count). The van der Waals surface area contributed by atoms with E-state index in [1.807, 2.05) is 0 Å². The molecule has 0 aliphatic heterocycles. The highest BCUT2D eigenvalue weighted by Crippen LogP contribution is 2.49. The zero-order valence-corrected chi connectivity index (χ0v) is 12.4. The highest BCUT2D eigenvalue weighted by molar-refractivity contribution is 5.76. The molecule has 2 nitrogen and oxygen atoms in total. The van der Waals surface area contributed by atoms with Gasteiger partial charge in [0.25, 0.3) is 0 Å². The molecule has 3 atom stereocenters. The molecule has 0 aromatic carbocycles. The Labute approximate surface area is 117 Å². The molecule has 19 heavy (non-hydrogen) atoms. The van der Waals surface area contributed by atoms with Crippen molar-refractivity contribution in [3.8, 4) is 0 Å². The van der Waals surface area contributed by atoms with Crippen molar-refractivity contribution in [1.82, 2.24) is 4.90 Å². The fraction of sp³-hybridized carbons (Fsp3) is 0.941. The molecular formula is C17H29NO. The summed E-state index contributed by atoms with van der Waals surface area (Å²) in [5.41, 5.74) is 0. The van der Waals surface area contributed by atoms with Crippen LogP contribution in [0.3, 0.4) is 0 Å². The van der Waals surface area contributed by atoms with Gasteiger partial charge >= 0.3 is 0 Å². The second-order valence-corrected chi connectivity index (χ2v) is 7.29. The van der Waals surface area contributed by atoms with Crippen molar-refractivity contribution in [3.63, 3.8) is 0 Å². The molecule has 2 bridgehead atoms. The average Bonchev–Trinajstić information content (AvgIpc) is 2.91. The van der Waals surface area contributed by atoms with Crippen molar-refractivity contribution in [1.29, 1.82) is 0 Å². The molecule has 3 aliphatic rings. The molecular weight excluding hydrogens is 234 g/mol. The monoisotopic (exact) mass is 263 g/mol. The Balaban J connectivity index is 1.51. The van der Waals surface area contributed by atoms with E-state index in [1.165, 1.54) is 64.2 Å². The maximum absolute atomic E-state index is 12.5. The topological polar surface area (TPSA) is 20.3 Å². The van der Waals surface area contributed by atoms with Crippen LogP contribution in [-0.2, 0) is 4.79 Å². The number of carbonyl (C=O) groups is 1. The van der Waals surface area contributed by atoms with E-state index in [1.54, 1.807) is 0 Å². The summed E-state index contributed by atoms with van der Waals surface area (Å²) in [6, 6.07) is 0.536. The van der Waals surface area contributed by atoms with Gasteiger partial charge in [0.2, 0.25) is 5.91 Å². The second-order valence-electron chi connectivity index (χ2n) is 7.29. The van der Waals surface area contributed by atoms with Crippen molar-refractivity contribution in [2.75, 3.05) is 7.05 Å². The molecule has 3 aliphatic carbocycles. The van der Waals surface area contributed by atoms with E-state index in [2.05, 4.69) is 11.9 Å². The molecule has 0 aromatic rings. The number of nitrogens with zero attached hydrogens (tertiary/aromatic N) is 1. The van der Waals surface area contributed by atoms with Gasteiger partial charge in [0, 0.05) is 19.5 Å². The Hall–Kier alpha value is -0.530. The van der Waals surface area contributed by atoms with Gasteiger partial charge in [-0.2, -0.15) is 0 Å². The SMILES string of the molecule is CN(C(=O)CC1CC2CCC1C2)C1CCCCCC1. The fourth-order valence-electron chi connectivity index (χ4n) is 4.84. The standard InChI is InChI=1S/C17H29NO/c1-18(16-6-4-2-3-5-7-16)17(19)12-15-11-13-8-9-14(15)10-13/h13-16H,2-12H2,1H3. The lowest BCUT2D eigenvalue weighted by Gasteiger charge is -2.30. The molecule has 3 saturated carbocycles. The van der Waals surface area contributed by atoms with E-state index in [4.69, 9.17) is 0 Å². The first-order chi connectivity index (χ1) is 9.24. The minimum absolute atomic E-state index is 0.435. The Morgan fingerprint density at radius 1 is 1.00 bits per heavy atom. The number of amides is 1. The van der Waals surface area contributed by atoms with E-state index in [-0.39, 0.29) is 0 Å². The third-order valence-corrected chi connectivity index (χ3v) is 6.09. The molecule has 3 unspecified atom stereocenters. The zero-order chi connectivity index (χ0) is 13.2. The van der Waals surface area contributed by atoms with Gasteiger partial charge in [0.05, 0.1) is 0 Å². The van der Waals surface area contributed by atoms with Gasteiger partial charge in [-0.05, 0) is 49.9 Å². The summed E-state index contributed by atoms with van der Waals surface area (Å²) in [6.07, 6.45) is 14.3. The first kappa shape index (κ1) is 13.5. The van der Waals surface area contributed by atoms with Crippen LogP contribution in [0.1, 0.15) is 70.6 Å². The molecule has 0 aromatic heterocycles. The van der Waals surface area contributed by atoms with E-state index in [9.17, 15) is 4.79 Å². The minimum Gasteiger partial charge on any atom is -0.343 e. The summed E-state index contributed by atoms with van der Waals surface area (Å²) in [7, 11) is 2.06. The summed E-state index contributed by atoms with van der Waals surface area (Å²) in [5.74, 6) is 3.01. The molecule has 0 spiro atoms. The van der Waals surface area contributed by atoms with Gasteiger partial charge in [-0.3, -0.25) is 4.79 Å². The lowest BCUT2D eigenvalue weighted by Crippen LogP contribution is -2.38. The summed E-state index contributed by atoms with van der Waals surface area (Å²) < 4.78 is 0. The molecule has 0 radical (unpaired) electrons. The largest absolute Gasteiger partial charge is 0.343 e. The smallest absolute Gasteiger partial charge is 0.222 e. The van der Waals surface area contributed by atoms with Gasteiger partial charge < -0.3 is 4.90 Å². The fourth-order valence-corrected chi connectivity index (χ4v) is 4.84. The maximum atomic E-state index is 12.5. The zero-order valence-electron chi connectivity index (χ0n) is 12.4. The van der Waals surface area contributed by atoms with Crippen molar-refractivity contribution in [2.24, 2.45) is 17.8 Å². The van der Waals surface area contributed by atoms with Crippen LogP contribution >= 0.6 is 0 Å². The first-order valence-corrected chi connectivity index (χ1v) is 8.49. The normalized spacial score (nSPS) is 35.3. The predicted molar refractivity (Wildman–Crippen MR) is 77.8 cm³/mol. The summed E-state index contributed by atoms with van der Waals surface area (Å²) in [5, 5.41) is 0. The van der Waals surface area contributed by atoms with E-state index in [0.717, 1.165) is 24.2 Å². The third kappa shape index (κ3) is 2.98. The summed E-state index contributed by atoms with van der Waals surface area (Å²) in [4.78, 5) is 14.6. The van der Waals surface area contributed by atoms with Crippen molar-refractivity contribution in [2.45, 2.75) is 76.7 Å². The molecule has 2 heteroatoms. The van der Waals surface area contributed by atoms with Crippen molar-refractivity contribution >= 4 is 5.91 Å². The van der Waals surface area contributed by atoms with Crippen LogP contribution < -0.4 is 0 Å². The number of hydrogen-bond donors (Lipinski definition) is 0. The van der Waals surface area contributed by atoms with Gasteiger partial charge in [0.1, 0.15) is 0 Å². The van der Waals surface area contributed by atoms with Crippen LogP contribution in [0.4, 0.5) is 0 Å². The highest BCUT2D eigenvalue weighted by Gasteiger charge is 2.40. The summed E-state index contributed by atoms with van der Waals surface area (Å²) >= 11 is 0. The molecule has 3 fully saturated rings. The van der Waals surface area contributed by atoms with Crippen LogP contribution in [-0.4, -0.2) is 23.9 Å². The highest BCUT2D eigenvalue weighted by atomic mass is 16.2. The molecule has 0 N–H and O–H groups in total. The lowest BCUT2D eigenvalue weighted by atomic mass is 9.86. The third-order valence-electron chi connectivity index (χ3n) is 6.09. The number of hydrogen-bond acceptors (Lipinski definition) is 1. The number of fused-ring (bicyclic) bond motifs is 2. The number of rotatable bonds is 3. The van der Waals surface area contributed by atoms with Gasteiger partial charge in [-0.25, -0.2) is 0 Å². The van der Waals surface area contributed by atoms with Crippen molar-refractivity contribution in [3.05, 3.63) is 0 Å². The molecule has 1 amide bonds. The molecule has 0 heterocycles. The lowest BCUT2D eigenvalue weighted by molar-refractivity contribution is -0.133. The Morgan fingerprint density at radius 3 is 2.32 bits per heavy atom. The van der Waals surface area contributed by atoms with Crippen LogP contribution in [0.2, 0.25) is 0 Å². The quantitative estimate of drug-likeness (QED) is 0.705. The van der Waals surface area contributed by atoms with E-state index in [0.29, 0.717) is 11.9 Å². The Kier molecular flexibility index (Phi) is 4.14. The molecule has 0 saturated heterocycles. The van der Waals surface area contributed by atoms with Crippen LogP contribution in [0.5, 0.6) is 0 Å². The van der Waals surface area contributed by atoms with E-state index < -0.39 is 0 Å². The average molecular weight is 263 g/mol. The Morgan fingerprint density at radius 2 is 1.74 bits per heavy atom. The number of carbonyl (C=O) groups excluding carboxylic acids is 1. The maximum Gasteiger partial charge on any atom is 0.222 e. The molecule has 108 valence electrons. The van der Waals surface area contributed by atoms with Crippen LogP contribution in [0, 0.1) is 17.8 Å². The van der Waals surface area contributed by atoms with Crippen LogP contribution in [0.25, 0.3) is 0 Å². The van der Waals surface area contributed by atoms with Crippen LogP contribution in [0.15, 0.2) is 0 Å². The summed E-state index contributed by atoms with van der Waals surface area (Å²) in [6.45, 7) is 0. The second kappa shape index (κ2) is 5.85. The first-order valence-electron chi connectivity index (χ1n) is 8.49. The predicted octanol–water partition coefficient (Wildman–Crippen LogP) is 3.99. The van der Waals surface area contributed by atoms with Gasteiger partial charge in [0.15, 0.2) is 0 Å². The van der Waals surface area contributed by atoms with Gasteiger partial charge in [-0.1, -0.05) is 32.1 Å². The van der Waals surface area contributed by atoms with Crippen molar-refractivity contribution < 1.29 is 4.79 Å². The minimum atomic E-state index is 0.435. The Bertz CT molecular complexity index is 319. The van der Waals surface area contributed by atoms with Gasteiger partial charge in [-0.15, -0.1) is 0 Å².